The van der Waals surface area contributed by atoms with E-state index in [-0.39, 0.29) is 12.1 Å². The van der Waals surface area contributed by atoms with Crippen LogP contribution in [0.3, 0.4) is 0 Å². The zero-order chi connectivity index (χ0) is 41.4. The lowest BCUT2D eigenvalue weighted by Crippen LogP contribution is -2.54. The number of anilines is 3. The number of hydrogen-bond donors (Lipinski definition) is 0. The van der Waals surface area contributed by atoms with Gasteiger partial charge in [-0.25, -0.2) is 0 Å². The summed E-state index contributed by atoms with van der Waals surface area (Å²) >= 11 is 0. The number of rotatable bonds is 7. The van der Waals surface area contributed by atoms with Crippen LogP contribution in [0.1, 0.15) is 41.7 Å². The molecule has 0 amide bonds. The number of benzene rings is 9. The van der Waals surface area contributed by atoms with Gasteiger partial charge in [-0.3, -0.25) is 0 Å². The van der Waals surface area contributed by atoms with Crippen molar-refractivity contribution in [3.8, 4) is 44.9 Å². The van der Waals surface area contributed by atoms with Crippen LogP contribution in [0, 0.1) is 20.8 Å². The van der Waals surface area contributed by atoms with Gasteiger partial charge in [-0.2, -0.15) is 0 Å². The van der Waals surface area contributed by atoms with Crippen LogP contribution in [0.4, 0.5) is 17.1 Å². The average Bonchev–Trinajstić information content (AvgIpc) is 3.51. The van der Waals surface area contributed by atoms with E-state index in [0.717, 1.165) is 39.5 Å². The number of hydrogen-bond acceptors (Lipinski definition) is 2. The molecule has 61 heavy (non-hydrogen) atoms. The summed E-state index contributed by atoms with van der Waals surface area (Å²) in [5.41, 5.74) is 21.0. The maximum Gasteiger partial charge on any atom is 0.242 e. The predicted octanol–water partition coefficient (Wildman–Crippen LogP) is 13.5. The molecule has 1 aliphatic heterocycles. The number of para-hydroxylation sites is 1. The van der Waals surface area contributed by atoms with Crippen LogP contribution in [-0.4, -0.2) is 6.71 Å². The van der Waals surface area contributed by atoms with Crippen LogP contribution in [0.15, 0.2) is 188 Å². The van der Waals surface area contributed by atoms with E-state index in [1.165, 1.54) is 77.4 Å². The Labute approximate surface area is 359 Å². The van der Waals surface area contributed by atoms with Gasteiger partial charge in [0.1, 0.15) is 11.5 Å². The Bertz CT molecular complexity index is 3160. The second kappa shape index (κ2) is 14.3. The summed E-state index contributed by atoms with van der Waals surface area (Å²) in [6.45, 7) is 11.5. The minimum absolute atomic E-state index is 0.0678. The molecule has 9 aromatic carbocycles. The van der Waals surface area contributed by atoms with Gasteiger partial charge in [0.05, 0.1) is 5.69 Å². The zero-order valence-electron chi connectivity index (χ0n) is 35.3. The average molecular weight is 784 g/mol. The third-order valence-electron chi connectivity index (χ3n) is 13.3. The lowest BCUT2D eigenvalue weighted by molar-refractivity contribution is 0.487. The van der Waals surface area contributed by atoms with Crippen molar-refractivity contribution in [1.29, 1.82) is 0 Å². The van der Waals surface area contributed by atoms with Gasteiger partial charge >= 0.3 is 0 Å². The molecule has 0 saturated heterocycles. The molecule has 11 rings (SSSR count). The van der Waals surface area contributed by atoms with Crippen LogP contribution in [0.2, 0.25) is 0 Å². The fourth-order valence-corrected chi connectivity index (χ4v) is 10.6. The highest BCUT2D eigenvalue weighted by atomic mass is 16.5. The highest BCUT2D eigenvalue weighted by Gasteiger charge is 2.36. The maximum absolute atomic E-state index is 7.06. The number of ether oxygens (including phenoxy) is 1. The maximum atomic E-state index is 7.06. The molecule has 0 fully saturated rings. The van der Waals surface area contributed by atoms with Gasteiger partial charge in [-0.15, -0.1) is 0 Å². The molecule has 1 heterocycles. The molecule has 0 N–H and O–H groups in total. The first-order valence-corrected chi connectivity index (χ1v) is 21.5. The number of nitrogens with zero attached hydrogens (tertiary/aromatic N) is 1. The van der Waals surface area contributed by atoms with Crippen LogP contribution in [0.5, 0.6) is 11.5 Å². The predicted molar refractivity (Wildman–Crippen MR) is 259 cm³/mol. The van der Waals surface area contributed by atoms with E-state index < -0.39 is 0 Å². The Morgan fingerprint density at radius 3 is 1.87 bits per heavy atom. The Hall–Kier alpha value is -7.10. The normalized spacial score (nSPS) is 12.9. The number of aryl methyl sites for hydroxylation is 3. The zero-order valence-corrected chi connectivity index (χ0v) is 35.3. The number of fused-ring (bicyclic) bond motifs is 5. The second-order valence-corrected chi connectivity index (χ2v) is 17.4. The molecule has 0 bridgehead atoms. The van der Waals surface area contributed by atoms with Crippen LogP contribution >= 0.6 is 0 Å². The van der Waals surface area contributed by atoms with Gasteiger partial charge in [0.15, 0.2) is 0 Å². The van der Waals surface area contributed by atoms with E-state index in [1.54, 1.807) is 0 Å². The lowest BCUT2D eigenvalue weighted by Gasteiger charge is -2.31. The molecule has 0 aromatic heterocycles. The molecule has 0 saturated carbocycles. The van der Waals surface area contributed by atoms with Gasteiger partial charge < -0.3 is 9.64 Å². The highest BCUT2D eigenvalue weighted by Crippen LogP contribution is 2.53. The minimum atomic E-state index is -0.136. The molecular weight excluding hydrogens is 737 g/mol. The lowest BCUT2D eigenvalue weighted by atomic mass is 9.35. The van der Waals surface area contributed by atoms with Crippen LogP contribution < -0.4 is 26.0 Å². The van der Waals surface area contributed by atoms with E-state index in [2.05, 4.69) is 228 Å². The van der Waals surface area contributed by atoms with E-state index in [0.29, 0.717) is 0 Å². The fraction of sp³-hybridized carbons (Fsp3) is 0.103. The molecule has 0 spiro atoms. The summed E-state index contributed by atoms with van der Waals surface area (Å²) in [4.78, 5) is 2.42. The Morgan fingerprint density at radius 2 is 1.10 bits per heavy atom. The highest BCUT2D eigenvalue weighted by molar-refractivity contribution is 6.97. The SMILES string of the molecule is Cc1cc(C)c(B(c2ccccc2)c2ccc3c4c(cccc24)Oc2cc(N(c4ccc5c(c4)C(C)(C)c4ccccc4-5)c4ccccc4-c4ccccc4)ccc2-3)c(C)c1. The summed E-state index contributed by atoms with van der Waals surface area (Å²) in [6, 6.07) is 69.0. The van der Waals surface area contributed by atoms with Crippen molar-refractivity contribution in [2.45, 2.75) is 40.0 Å². The third kappa shape index (κ3) is 5.94. The van der Waals surface area contributed by atoms with Gasteiger partial charge in [0.25, 0.3) is 0 Å². The molecule has 9 aromatic rings. The first kappa shape index (κ1) is 36.9. The topological polar surface area (TPSA) is 12.5 Å². The summed E-state index contributed by atoms with van der Waals surface area (Å²) in [5, 5.41) is 2.38. The van der Waals surface area contributed by atoms with Gasteiger partial charge in [0, 0.05) is 39.4 Å². The second-order valence-electron chi connectivity index (χ2n) is 17.4. The van der Waals surface area contributed by atoms with Gasteiger partial charge in [0.2, 0.25) is 6.71 Å². The quantitative estimate of drug-likeness (QED) is 0.149. The monoisotopic (exact) mass is 783 g/mol. The molecule has 0 unspecified atom stereocenters. The Kier molecular flexibility index (Phi) is 8.65. The minimum Gasteiger partial charge on any atom is -0.456 e. The largest absolute Gasteiger partial charge is 0.456 e. The molecule has 3 heteroatoms. The van der Waals surface area contributed by atoms with Crippen molar-refractivity contribution in [2.24, 2.45) is 0 Å². The first-order valence-electron chi connectivity index (χ1n) is 21.5. The molecule has 0 radical (unpaired) electrons. The van der Waals surface area contributed by atoms with Crippen molar-refractivity contribution in [1.82, 2.24) is 0 Å². The molecule has 1 aliphatic carbocycles. The Morgan fingerprint density at radius 1 is 0.475 bits per heavy atom. The van der Waals surface area contributed by atoms with E-state index in [4.69, 9.17) is 4.74 Å². The molecular formula is C58H46BNO. The van der Waals surface area contributed by atoms with E-state index >= 15 is 0 Å². The van der Waals surface area contributed by atoms with E-state index in [9.17, 15) is 0 Å². The van der Waals surface area contributed by atoms with Crippen molar-refractivity contribution >= 4 is 50.9 Å². The summed E-state index contributed by atoms with van der Waals surface area (Å²) in [6.07, 6.45) is 0. The molecule has 292 valence electrons. The van der Waals surface area contributed by atoms with Crippen molar-refractivity contribution in [2.75, 3.05) is 4.90 Å². The first-order chi connectivity index (χ1) is 29.8. The van der Waals surface area contributed by atoms with Gasteiger partial charge in [-0.05, 0) is 95.9 Å². The third-order valence-corrected chi connectivity index (χ3v) is 13.3. The van der Waals surface area contributed by atoms with Crippen molar-refractivity contribution < 1.29 is 4.74 Å². The van der Waals surface area contributed by atoms with Crippen LogP contribution in [0.25, 0.3) is 44.2 Å². The van der Waals surface area contributed by atoms with E-state index in [1.807, 2.05) is 0 Å². The van der Waals surface area contributed by atoms with Crippen molar-refractivity contribution in [3.05, 3.63) is 216 Å². The molecule has 2 nitrogen and oxygen atoms in total. The fourth-order valence-electron chi connectivity index (χ4n) is 10.6. The summed E-state index contributed by atoms with van der Waals surface area (Å²) in [5.74, 6) is 1.74. The Balaban J connectivity index is 1.08. The molecule has 2 aliphatic rings. The standard InChI is InChI=1S/C58H46BNO/c1-37-33-38(2)57(39(3)34-37)59(41-19-10-7-11-20-41)52-32-31-48-47-30-28-43(36-55(47)61-54-26-16-23-49(52)56(48)54)60(53-25-15-13-21-44(53)40-17-8-6-9-18-40)42-27-29-46-45-22-12-14-24-50(45)58(4,5)51(46)35-42/h6-36H,1-5H3. The smallest absolute Gasteiger partial charge is 0.242 e. The molecule has 0 atom stereocenters. The summed E-state index contributed by atoms with van der Waals surface area (Å²) < 4.78 is 7.06. The van der Waals surface area contributed by atoms with Crippen LogP contribution in [-0.2, 0) is 5.41 Å². The van der Waals surface area contributed by atoms with Gasteiger partial charge in [-0.1, -0.05) is 193 Å². The summed E-state index contributed by atoms with van der Waals surface area (Å²) in [7, 11) is 0. The van der Waals surface area contributed by atoms with Crippen molar-refractivity contribution in [3.63, 3.8) is 0 Å².